The maximum atomic E-state index is 12.6. The lowest BCUT2D eigenvalue weighted by Crippen LogP contribution is -2.43. The Morgan fingerprint density at radius 3 is 2.63 bits per heavy atom. The van der Waals surface area contributed by atoms with Crippen LogP contribution >= 0.6 is 0 Å². The quantitative estimate of drug-likeness (QED) is 0.665. The van der Waals surface area contributed by atoms with Gasteiger partial charge in [-0.3, -0.25) is 0 Å². The van der Waals surface area contributed by atoms with E-state index in [4.69, 9.17) is 5.21 Å². The fraction of sp³-hybridized carbons (Fsp3) is 0.462. The number of oxime groups is 1. The van der Waals surface area contributed by atoms with Crippen LogP contribution in [-0.4, -0.2) is 36.7 Å². The van der Waals surface area contributed by atoms with Gasteiger partial charge in [0.2, 0.25) is 10.0 Å². The van der Waals surface area contributed by atoms with Gasteiger partial charge in [0.15, 0.2) is 0 Å². The van der Waals surface area contributed by atoms with E-state index < -0.39 is 10.0 Å². The molecule has 1 aromatic rings. The summed E-state index contributed by atoms with van der Waals surface area (Å²) in [6.45, 7) is 4.38. The van der Waals surface area contributed by atoms with Gasteiger partial charge < -0.3 is 5.21 Å². The highest BCUT2D eigenvalue weighted by Crippen LogP contribution is 2.24. The van der Waals surface area contributed by atoms with Crippen molar-refractivity contribution in [1.82, 2.24) is 4.31 Å². The van der Waals surface area contributed by atoms with Crippen LogP contribution in [0.3, 0.4) is 0 Å². The molecule has 1 fully saturated rings. The molecule has 1 aromatic carbocycles. The summed E-state index contributed by atoms with van der Waals surface area (Å²) in [5, 5.41) is 12.1. The van der Waals surface area contributed by atoms with E-state index in [1.807, 2.05) is 13.0 Å². The SMILES string of the molecule is Cc1ccccc1S(=O)(=O)N1CC/C(=N\O)C(C)C1. The van der Waals surface area contributed by atoms with Crippen molar-refractivity contribution in [3.8, 4) is 0 Å². The minimum atomic E-state index is -3.46. The summed E-state index contributed by atoms with van der Waals surface area (Å²) < 4.78 is 26.6. The Balaban J connectivity index is 2.30. The second-order valence-electron chi connectivity index (χ2n) is 4.87. The van der Waals surface area contributed by atoms with E-state index in [0.717, 1.165) is 5.56 Å². The van der Waals surface area contributed by atoms with Gasteiger partial charge in [0, 0.05) is 25.4 Å². The second kappa shape index (κ2) is 5.30. The fourth-order valence-corrected chi connectivity index (χ4v) is 4.09. The number of hydrogen-bond acceptors (Lipinski definition) is 4. The van der Waals surface area contributed by atoms with E-state index in [2.05, 4.69) is 5.16 Å². The van der Waals surface area contributed by atoms with Crippen LogP contribution < -0.4 is 0 Å². The first kappa shape index (κ1) is 14.0. The molecule has 1 unspecified atom stereocenters. The van der Waals surface area contributed by atoms with Crippen molar-refractivity contribution in [2.24, 2.45) is 11.1 Å². The van der Waals surface area contributed by atoms with Crippen molar-refractivity contribution in [2.75, 3.05) is 13.1 Å². The van der Waals surface area contributed by atoms with Gasteiger partial charge in [-0.05, 0) is 18.6 Å². The summed E-state index contributed by atoms with van der Waals surface area (Å²) in [5.74, 6) is -0.0578. The Kier molecular flexibility index (Phi) is 3.91. The van der Waals surface area contributed by atoms with Gasteiger partial charge in [-0.15, -0.1) is 0 Å². The Morgan fingerprint density at radius 1 is 1.37 bits per heavy atom. The van der Waals surface area contributed by atoms with E-state index in [1.54, 1.807) is 25.1 Å². The lowest BCUT2D eigenvalue weighted by molar-refractivity contribution is 0.300. The molecule has 0 saturated carbocycles. The van der Waals surface area contributed by atoms with Crippen LogP contribution in [0.25, 0.3) is 0 Å². The zero-order valence-electron chi connectivity index (χ0n) is 11.1. The smallest absolute Gasteiger partial charge is 0.243 e. The van der Waals surface area contributed by atoms with Gasteiger partial charge in [0.05, 0.1) is 10.6 Å². The van der Waals surface area contributed by atoms with Crippen LogP contribution in [0.15, 0.2) is 34.3 Å². The molecule has 0 aliphatic carbocycles. The molecule has 1 heterocycles. The van der Waals surface area contributed by atoms with E-state index in [9.17, 15) is 8.42 Å². The van der Waals surface area contributed by atoms with Gasteiger partial charge in [0.1, 0.15) is 0 Å². The number of rotatable bonds is 2. The van der Waals surface area contributed by atoms with Crippen molar-refractivity contribution in [2.45, 2.75) is 25.2 Å². The Bertz CT molecular complexity index is 596. The highest BCUT2D eigenvalue weighted by molar-refractivity contribution is 7.89. The first-order valence-corrected chi connectivity index (χ1v) is 7.67. The molecule has 19 heavy (non-hydrogen) atoms. The summed E-state index contributed by atoms with van der Waals surface area (Å²) in [6, 6.07) is 6.98. The summed E-state index contributed by atoms with van der Waals surface area (Å²) in [7, 11) is -3.46. The van der Waals surface area contributed by atoms with Crippen LogP contribution in [0, 0.1) is 12.8 Å². The van der Waals surface area contributed by atoms with E-state index >= 15 is 0 Å². The number of hydrogen-bond donors (Lipinski definition) is 1. The van der Waals surface area contributed by atoms with E-state index in [-0.39, 0.29) is 5.92 Å². The topological polar surface area (TPSA) is 70.0 Å². The first-order chi connectivity index (χ1) is 8.96. The van der Waals surface area contributed by atoms with Gasteiger partial charge >= 0.3 is 0 Å². The lowest BCUT2D eigenvalue weighted by Gasteiger charge is -2.30. The molecule has 6 heteroatoms. The average molecular weight is 282 g/mol. The molecule has 2 rings (SSSR count). The van der Waals surface area contributed by atoms with Crippen LogP contribution in [0.5, 0.6) is 0 Å². The predicted molar refractivity (Wildman–Crippen MR) is 72.9 cm³/mol. The number of aryl methyl sites for hydroxylation is 1. The van der Waals surface area contributed by atoms with Crippen LogP contribution in [0.2, 0.25) is 0 Å². The van der Waals surface area contributed by atoms with Crippen molar-refractivity contribution in [3.05, 3.63) is 29.8 Å². The Morgan fingerprint density at radius 2 is 2.05 bits per heavy atom. The number of piperidine rings is 1. The predicted octanol–water partition coefficient (Wildman–Crippen LogP) is 1.86. The monoisotopic (exact) mass is 282 g/mol. The van der Waals surface area contributed by atoms with Gasteiger partial charge in [-0.2, -0.15) is 4.31 Å². The number of nitrogens with zero attached hydrogens (tertiary/aromatic N) is 2. The van der Waals surface area contributed by atoms with Crippen molar-refractivity contribution in [3.63, 3.8) is 0 Å². The zero-order valence-corrected chi connectivity index (χ0v) is 11.9. The molecule has 1 aliphatic heterocycles. The average Bonchev–Trinajstić information content (AvgIpc) is 2.39. The van der Waals surface area contributed by atoms with Crippen LogP contribution in [-0.2, 0) is 10.0 Å². The fourth-order valence-electron chi connectivity index (χ4n) is 2.34. The Labute approximate surface area is 113 Å². The molecule has 1 aliphatic rings. The maximum absolute atomic E-state index is 12.6. The standard InChI is InChI=1S/C13H18N2O3S/c1-10-5-3-4-6-13(10)19(17,18)15-8-7-12(14-16)11(2)9-15/h3-6,11,16H,7-9H2,1-2H3/b14-12+. The zero-order chi connectivity index (χ0) is 14.0. The maximum Gasteiger partial charge on any atom is 0.243 e. The third-order valence-electron chi connectivity index (χ3n) is 3.50. The molecule has 1 atom stereocenters. The Hall–Kier alpha value is -1.40. The third-order valence-corrected chi connectivity index (χ3v) is 5.53. The normalized spacial score (nSPS) is 23.7. The van der Waals surface area contributed by atoms with Crippen LogP contribution in [0.4, 0.5) is 0 Å². The molecule has 1 saturated heterocycles. The molecule has 104 valence electrons. The molecule has 5 nitrogen and oxygen atoms in total. The van der Waals surface area contributed by atoms with Crippen LogP contribution in [0.1, 0.15) is 18.9 Å². The third kappa shape index (κ3) is 2.64. The molecule has 0 bridgehead atoms. The second-order valence-corrected chi connectivity index (χ2v) is 6.78. The van der Waals surface area contributed by atoms with Gasteiger partial charge in [-0.25, -0.2) is 8.42 Å². The summed E-state index contributed by atoms with van der Waals surface area (Å²) in [6.07, 6.45) is 0.475. The molecule has 0 amide bonds. The molecular weight excluding hydrogens is 264 g/mol. The summed E-state index contributed by atoms with van der Waals surface area (Å²) in [4.78, 5) is 0.353. The van der Waals surface area contributed by atoms with Crippen molar-refractivity contribution in [1.29, 1.82) is 0 Å². The van der Waals surface area contributed by atoms with E-state index in [1.165, 1.54) is 4.31 Å². The number of sulfonamides is 1. The number of benzene rings is 1. The lowest BCUT2D eigenvalue weighted by atomic mass is 10.00. The molecule has 1 N–H and O–H groups in total. The molecular formula is C13H18N2O3S. The molecule has 0 aromatic heterocycles. The molecule has 0 spiro atoms. The highest BCUT2D eigenvalue weighted by atomic mass is 32.2. The highest BCUT2D eigenvalue weighted by Gasteiger charge is 2.32. The summed E-state index contributed by atoms with van der Waals surface area (Å²) >= 11 is 0. The minimum Gasteiger partial charge on any atom is -0.411 e. The van der Waals surface area contributed by atoms with Crippen molar-refractivity contribution >= 4 is 15.7 Å². The van der Waals surface area contributed by atoms with Gasteiger partial charge in [-0.1, -0.05) is 30.3 Å². The van der Waals surface area contributed by atoms with E-state index in [0.29, 0.717) is 30.1 Å². The van der Waals surface area contributed by atoms with Crippen molar-refractivity contribution < 1.29 is 13.6 Å². The summed E-state index contributed by atoms with van der Waals surface area (Å²) in [5.41, 5.74) is 1.41. The molecule has 0 radical (unpaired) electrons. The largest absolute Gasteiger partial charge is 0.411 e. The first-order valence-electron chi connectivity index (χ1n) is 6.23. The minimum absolute atomic E-state index is 0.0578. The van der Waals surface area contributed by atoms with Gasteiger partial charge in [0.25, 0.3) is 0 Å².